The van der Waals surface area contributed by atoms with Gasteiger partial charge in [0.1, 0.15) is 5.82 Å². The van der Waals surface area contributed by atoms with Gasteiger partial charge in [0, 0.05) is 47.2 Å². The van der Waals surface area contributed by atoms with Crippen LogP contribution < -0.4 is 15.5 Å². The van der Waals surface area contributed by atoms with Crippen molar-refractivity contribution < 1.29 is 5.11 Å². The van der Waals surface area contributed by atoms with E-state index in [9.17, 15) is 5.11 Å². The maximum atomic E-state index is 11.2. The number of halogens is 1. The highest BCUT2D eigenvalue weighted by Gasteiger charge is 2.23. The number of aliphatic hydroxyl groups excluding tert-OH is 1. The fourth-order valence-corrected chi connectivity index (χ4v) is 7.26. The number of hydrogen-bond donors (Lipinski definition) is 3. The third-order valence-electron chi connectivity index (χ3n) is 8.58. The quantitative estimate of drug-likeness (QED) is 0.128. The molecule has 234 valence electrons. The molecular formula is C36H46ClN5OS. The summed E-state index contributed by atoms with van der Waals surface area (Å²) in [6, 6.07) is 25.0. The van der Waals surface area contributed by atoms with Gasteiger partial charge in [-0.05, 0) is 98.0 Å². The highest BCUT2D eigenvalue weighted by molar-refractivity contribution is 8.00. The van der Waals surface area contributed by atoms with Crippen LogP contribution in [0.5, 0.6) is 0 Å². The molecule has 4 aromatic rings. The molecule has 0 aliphatic heterocycles. The van der Waals surface area contributed by atoms with E-state index in [0.29, 0.717) is 30.2 Å². The summed E-state index contributed by atoms with van der Waals surface area (Å²) in [4.78, 5) is 12.9. The lowest BCUT2D eigenvalue weighted by Gasteiger charge is -2.30. The summed E-state index contributed by atoms with van der Waals surface area (Å²) in [6.07, 6.45) is 4.71. The maximum Gasteiger partial charge on any atom is 0.225 e. The van der Waals surface area contributed by atoms with E-state index in [2.05, 4.69) is 77.9 Å². The van der Waals surface area contributed by atoms with Crippen LogP contribution in [0.1, 0.15) is 69.1 Å². The van der Waals surface area contributed by atoms with Crippen molar-refractivity contribution in [3.63, 3.8) is 0 Å². The Hall–Kier alpha value is -2.84. The van der Waals surface area contributed by atoms with Gasteiger partial charge in [-0.15, -0.1) is 11.8 Å². The summed E-state index contributed by atoms with van der Waals surface area (Å²) < 4.78 is 0. The lowest BCUT2D eigenvalue weighted by atomic mass is 9.86. The Bertz CT molecular complexity index is 1470. The van der Waals surface area contributed by atoms with Crippen LogP contribution in [-0.2, 0) is 0 Å². The van der Waals surface area contributed by atoms with Crippen LogP contribution >= 0.6 is 23.4 Å². The molecule has 0 spiro atoms. The second-order valence-electron chi connectivity index (χ2n) is 12.6. The summed E-state index contributed by atoms with van der Waals surface area (Å²) in [6.45, 7) is 6.21. The summed E-state index contributed by atoms with van der Waals surface area (Å²) in [5.74, 6) is 2.78. The second-order valence-corrected chi connectivity index (χ2v) is 14.4. The van der Waals surface area contributed by atoms with Crippen LogP contribution in [0.15, 0.2) is 77.7 Å². The molecule has 1 aliphatic rings. The standard InChI is InChI=1S/C36H46ClN5OS/c1-24(2)26-11-13-27(14-12-26)34(43)21-31(44-30-19-15-28(37)16-20-30)23-38-22-25-9-17-29(18-10-25)39-36-40-33-8-6-5-7-32(33)35(41-36)42(3)4/h5-8,11-16,19-20,24-25,29,31,34,38,43H,9-10,17-18,21-23H2,1-4H3,(H,39,40,41). The summed E-state index contributed by atoms with van der Waals surface area (Å²) in [7, 11) is 4.06. The van der Waals surface area contributed by atoms with Crippen LogP contribution in [-0.4, -0.2) is 53.6 Å². The summed E-state index contributed by atoms with van der Waals surface area (Å²) >= 11 is 7.95. The van der Waals surface area contributed by atoms with Gasteiger partial charge in [0.15, 0.2) is 0 Å². The van der Waals surface area contributed by atoms with Crippen LogP contribution in [0.4, 0.5) is 11.8 Å². The van der Waals surface area contributed by atoms with Crippen LogP contribution in [0.25, 0.3) is 10.9 Å². The molecular weight excluding hydrogens is 586 g/mol. The van der Waals surface area contributed by atoms with Gasteiger partial charge in [-0.1, -0.05) is 61.8 Å². The molecule has 0 radical (unpaired) electrons. The molecule has 0 amide bonds. The summed E-state index contributed by atoms with van der Waals surface area (Å²) in [5.41, 5.74) is 3.24. The minimum atomic E-state index is -0.505. The number of aliphatic hydroxyl groups is 1. The molecule has 44 heavy (non-hydrogen) atoms. The van der Waals surface area contributed by atoms with E-state index < -0.39 is 6.10 Å². The Morgan fingerprint density at radius 3 is 2.27 bits per heavy atom. The molecule has 1 heterocycles. The highest BCUT2D eigenvalue weighted by Crippen LogP contribution is 2.32. The normalized spacial score (nSPS) is 18.3. The SMILES string of the molecule is CC(C)c1ccc(C(O)CC(CNCC2CCC(Nc3nc(N(C)C)c4ccccc4n3)CC2)Sc2ccc(Cl)cc2)cc1. The van der Waals surface area contributed by atoms with Gasteiger partial charge in [0.2, 0.25) is 5.95 Å². The number of thioether (sulfide) groups is 1. The van der Waals surface area contributed by atoms with E-state index in [1.807, 2.05) is 50.1 Å². The number of rotatable bonds is 13. The molecule has 0 saturated heterocycles. The van der Waals surface area contributed by atoms with Crippen LogP contribution in [0, 0.1) is 5.92 Å². The third kappa shape index (κ3) is 8.87. The van der Waals surface area contributed by atoms with Crippen molar-refractivity contribution in [3.05, 3.63) is 88.9 Å². The smallest absolute Gasteiger partial charge is 0.225 e. The molecule has 1 saturated carbocycles. The molecule has 5 rings (SSSR count). The lowest BCUT2D eigenvalue weighted by molar-refractivity contribution is 0.166. The van der Waals surface area contributed by atoms with Gasteiger partial charge in [-0.2, -0.15) is 4.98 Å². The van der Waals surface area contributed by atoms with Crippen molar-refractivity contribution in [2.75, 3.05) is 37.4 Å². The van der Waals surface area contributed by atoms with Gasteiger partial charge in [-0.3, -0.25) is 0 Å². The number of para-hydroxylation sites is 1. The van der Waals surface area contributed by atoms with E-state index >= 15 is 0 Å². The zero-order chi connectivity index (χ0) is 31.1. The fraction of sp³-hybridized carbons (Fsp3) is 0.444. The monoisotopic (exact) mass is 631 g/mol. The van der Waals surface area contributed by atoms with Gasteiger partial charge in [0.25, 0.3) is 0 Å². The zero-order valence-electron chi connectivity index (χ0n) is 26.3. The zero-order valence-corrected chi connectivity index (χ0v) is 27.9. The van der Waals surface area contributed by atoms with E-state index in [1.54, 1.807) is 0 Å². The first-order valence-corrected chi connectivity index (χ1v) is 17.1. The average Bonchev–Trinajstić information content (AvgIpc) is 3.02. The molecule has 3 aromatic carbocycles. The van der Waals surface area contributed by atoms with E-state index in [0.717, 1.165) is 53.2 Å². The maximum absolute atomic E-state index is 11.2. The van der Waals surface area contributed by atoms with Crippen molar-refractivity contribution in [3.8, 4) is 0 Å². The topological polar surface area (TPSA) is 73.3 Å². The Morgan fingerprint density at radius 2 is 1.59 bits per heavy atom. The lowest BCUT2D eigenvalue weighted by Crippen LogP contribution is -2.34. The van der Waals surface area contributed by atoms with Gasteiger partial charge in [0.05, 0.1) is 11.6 Å². The minimum absolute atomic E-state index is 0.227. The van der Waals surface area contributed by atoms with Gasteiger partial charge in [-0.25, -0.2) is 4.98 Å². The molecule has 1 aromatic heterocycles. The van der Waals surface area contributed by atoms with Crippen molar-refractivity contribution in [2.45, 2.75) is 74.2 Å². The van der Waals surface area contributed by atoms with E-state index in [4.69, 9.17) is 21.6 Å². The molecule has 3 N–H and O–H groups in total. The minimum Gasteiger partial charge on any atom is -0.388 e. The fourth-order valence-electron chi connectivity index (χ4n) is 5.97. The van der Waals surface area contributed by atoms with Crippen LogP contribution in [0.3, 0.4) is 0 Å². The molecule has 2 unspecified atom stereocenters. The number of nitrogens with zero attached hydrogens (tertiary/aromatic N) is 3. The van der Waals surface area contributed by atoms with E-state index in [-0.39, 0.29) is 5.25 Å². The highest BCUT2D eigenvalue weighted by atomic mass is 35.5. The second kappa shape index (κ2) is 15.4. The first-order chi connectivity index (χ1) is 21.2. The molecule has 1 fully saturated rings. The molecule has 6 nitrogen and oxygen atoms in total. The molecule has 8 heteroatoms. The Kier molecular flexibility index (Phi) is 11.4. The predicted octanol–water partition coefficient (Wildman–Crippen LogP) is 8.32. The van der Waals surface area contributed by atoms with Gasteiger partial charge >= 0.3 is 0 Å². The number of benzene rings is 3. The number of hydrogen-bond acceptors (Lipinski definition) is 7. The van der Waals surface area contributed by atoms with Crippen LogP contribution in [0.2, 0.25) is 5.02 Å². The molecule has 1 aliphatic carbocycles. The van der Waals surface area contributed by atoms with Crippen molar-refractivity contribution in [2.24, 2.45) is 5.92 Å². The number of aromatic nitrogens is 2. The first-order valence-electron chi connectivity index (χ1n) is 15.9. The third-order valence-corrected chi connectivity index (χ3v) is 10.1. The van der Waals surface area contributed by atoms with Crippen molar-refractivity contribution >= 4 is 46.0 Å². The number of anilines is 2. The summed E-state index contributed by atoms with van der Waals surface area (Å²) in [5, 5.41) is 20.6. The number of nitrogens with one attached hydrogen (secondary N) is 2. The largest absolute Gasteiger partial charge is 0.388 e. The van der Waals surface area contributed by atoms with Gasteiger partial charge < -0.3 is 20.6 Å². The first kappa shape index (κ1) is 32.6. The molecule has 0 bridgehead atoms. The predicted molar refractivity (Wildman–Crippen MR) is 187 cm³/mol. The van der Waals surface area contributed by atoms with E-state index in [1.165, 1.54) is 23.3 Å². The van der Waals surface area contributed by atoms with Crippen molar-refractivity contribution in [1.82, 2.24) is 15.3 Å². The Balaban J connectivity index is 1.14. The van der Waals surface area contributed by atoms with Crippen molar-refractivity contribution in [1.29, 1.82) is 0 Å². The Morgan fingerprint density at radius 1 is 0.909 bits per heavy atom. The average molecular weight is 632 g/mol. The molecule has 2 atom stereocenters. The number of fused-ring (bicyclic) bond motifs is 1. The Labute approximate surface area is 272 Å².